The molecule has 0 aliphatic carbocycles. The van der Waals surface area contributed by atoms with Crippen LogP contribution in [0.4, 0.5) is 11.5 Å². The first kappa shape index (κ1) is 16.8. The second-order valence-electron chi connectivity index (χ2n) is 6.21. The molecule has 1 saturated heterocycles. The highest BCUT2D eigenvalue weighted by Gasteiger charge is 2.19. The van der Waals surface area contributed by atoms with E-state index in [-0.39, 0.29) is 0 Å². The smallest absolute Gasteiger partial charge is 0.146 e. The molecule has 8 heteroatoms. The molecule has 0 radical (unpaired) electrons. The van der Waals surface area contributed by atoms with Crippen LogP contribution in [-0.2, 0) is 16.8 Å². The molecule has 1 aromatic carbocycles. The molecule has 2 aromatic heterocycles. The maximum absolute atomic E-state index is 12.6. The minimum absolute atomic E-state index is 0.473. The van der Waals surface area contributed by atoms with Gasteiger partial charge in [-0.2, -0.15) is 4.36 Å². The molecular weight excluding hydrogens is 449 g/mol. The standard InChI is InChI=1S/C17H18IN5OS/c1-23-15(18)13(14-16(19)20-10-21-17(14)23)11-4-6-12(7-5-11)22-25(24)8-2-3-9-25/h4-7,10H,2-3,8-9H2,1H3,(H2,19,20,21). The van der Waals surface area contributed by atoms with Crippen molar-refractivity contribution in [3.05, 3.63) is 34.3 Å². The topological polar surface area (TPSA) is 86.2 Å². The number of hydrogen-bond donors (Lipinski definition) is 1. The average Bonchev–Trinajstić information content (AvgIpc) is 3.13. The van der Waals surface area contributed by atoms with E-state index in [0.29, 0.717) is 17.3 Å². The van der Waals surface area contributed by atoms with Gasteiger partial charge in [-0.3, -0.25) is 0 Å². The van der Waals surface area contributed by atoms with Crippen molar-refractivity contribution in [2.24, 2.45) is 11.4 Å². The number of rotatable bonds is 2. The Bertz CT molecular complexity index is 1070. The Morgan fingerprint density at radius 3 is 2.56 bits per heavy atom. The minimum atomic E-state index is -2.05. The highest BCUT2D eigenvalue weighted by atomic mass is 127. The third-order valence-corrected chi connectivity index (χ3v) is 8.19. The molecule has 0 spiro atoms. The van der Waals surface area contributed by atoms with E-state index < -0.39 is 9.73 Å². The number of fused-ring (bicyclic) bond motifs is 1. The van der Waals surface area contributed by atoms with Crippen LogP contribution in [0, 0.1) is 3.70 Å². The molecule has 1 aliphatic heterocycles. The normalized spacial score (nSPS) is 16.4. The lowest BCUT2D eigenvalue weighted by Crippen LogP contribution is -1.99. The Hall–Kier alpha value is -1.68. The summed E-state index contributed by atoms with van der Waals surface area (Å²) in [5, 5.41) is 0.862. The molecule has 0 amide bonds. The van der Waals surface area contributed by atoms with E-state index in [9.17, 15) is 4.21 Å². The van der Waals surface area contributed by atoms with E-state index in [1.807, 2.05) is 35.9 Å². The van der Waals surface area contributed by atoms with E-state index in [1.54, 1.807) is 0 Å². The first-order valence-corrected chi connectivity index (χ1v) is 11.0. The zero-order chi connectivity index (χ0) is 17.6. The van der Waals surface area contributed by atoms with Gasteiger partial charge in [-0.1, -0.05) is 12.1 Å². The lowest BCUT2D eigenvalue weighted by molar-refractivity contribution is 0.681. The predicted octanol–water partition coefficient (Wildman–Crippen LogP) is 3.72. The Morgan fingerprint density at radius 2 is 1.88 bits per heavy atom. The van der Waals surface area contributed by atoms with Crippen LogP contribution in [-0.4, -0.2) is 30.2 Å². The first-order valence-electron chi connectivity index (χ1n) is 8.06. The van der Waals surface area contributed by atoms with Crippen LogP contribution in [0.2, 0.25) is 0 Å². The lowest BCUT2D eigenvalue weighted by atomic mass is 10.1. The number of anilines is 1. The number of benzene rings is 1. The van der Waals surface area contributed by atoms with Crippen LogP contribution in [0.3, 0.4) is 0 Å². The lowest BCUT2D eigenvalue weighted by Gasteiger charge is -2.05. The Labute approximate surface area is 160 Å². The van der Waals surface area contributed by atoms with Crippen molar-refractivity contribution in [2.75, 3.05) is 17.2 Å². The zero-order valence-electron chi connectivity index (χ0n) is 13.8. The molecule has 3 heterocycles. The average molecular weight is 467 g/mol. The fraction of sp³-hybridized carbons (Fsp3) is 0.294. The van der Waals surface area contributed by atoms with Crippen molar-refractivity contribution in [3.63, 3.8) is 0 Å². The monoisotopic (exact) mass is 467 g/mol. The Morgan fingerprint density at radius 1 is 1.20 bits per heavy atom. The van der Waals surface area contributed by atoms with E-state index in [1.165, 1.54) is 6.33 Å². The SMILES string of the molecule is Cn1c(I)c(-c2ccc(N=S3(=O)CCCC3)cc2)c2c(N)ncnc21. The molecule has 0 saturated carbocycles. The number of nitrogen functional groups attached to an aromatic ring is 1. The third-order valence-electron chi connectivity index (χ3n) is 4.53. The summed E-state index contributed by atoms with van der Waals surface area (Å²) in [7, 11) is -0.0837. The molecule has 0 atom stereocenters. The summed E-state index contributed by atoms with van der Waals surface area (Å²) >= 11 is 2.30. The van der Waals surface area contributed by atoms with Gasteiger partial charge >= 0.3 is 0 Å². The van der Waals surface area contributed by atoms with Gasteiger partial charge in [0.15, 0.2) is 0 Å². The first-order chi connectivity index (χ1) is 12.0. The number of aromatic nitrogens is 3. The van der Waals surface area contributed by atoms with Crippen molar-refractivity contribution in [1.82, 2.24) is 14.5 Å². The van der Waals surface area contributed by atoms with Crippen molar-refractivity contribution in [3.8, 4) is 11.1 Å². The van der Waals surface area contributed by atoms with Gasteiger partial charge in [0.2, 0.25) is 0 Å². The molecule has 25 heavy (non-hydrogen) atoms. The molecule has 4 rings (SSSR count). The van der Waals surface area contributed by atoms with Crippen LogP contribution < -0.4 is 5.73 Å². The summed E-state index contributed by atoms with van der Waals surface area (Å²) < 4.78 is 20.1. The molecule has 0 bridgehead atoms. The van der Waals surface area contributed by atoms with Gasteiger partial charge in [0.25, 0.3) is 0 Å². The van der Waals surface area contributed by atoms with Crippen molar-refractivity contribution >= 4 is 54.9 Å². The number of nitrogens with zero attached hydrogens (tertiary/aromatic N) is 4. The zero-order valence-corrected chi connectivity index (χ0v) is 16.7. The van der Waals surface area contributed by atoms with Gasteiger partial charge in [-0.25, -0.2) is 14.2 Å². The van der Waals surface area contributed by atoms with Gasteiger partial charge < -0.3 is 10.3 Å². The Balaban J connectivity index is 1.83. The molecule has 6 nitrogen and oxygen atoms in total. The van der Waals surface area contributed by atoms with Gasteiger partial charge in [-0.05, 0) is 53.1 Å². The predicted molar refractivity (Wildman–Crippen MR) is 110 cm³/mol. The molecule has 130 valence electrons. The maximum Gasteiger partial charge on any atom is 0.146 e. The Kier molecular flexibility index (Phi) is 4.19. The van der Waals surface area contributed by atoms with Gasteiger partial charge in [-0.15, -0.1) is 0 Å². The number of hydrogen-bond acceptors (Lipinski definition) is 5. The van der Waals surface area contributed by atoms with Gasteiger partial charge in [0, 0.05) is 24.1 Å². The molecule has 0 unspecified atom stereocenters. The van der Waals surface area contributed by atoms with Crippen molar-refractivity contribution < 1.29 is 4.21 Å². The van der Waals surface area contributed by atoms with Crippen LogP contribution in [0.15, 0.2) is 35.0 Å². The molecule has 3 aromatic rings. The number of nitrogens with two attached hydrogens (primary N) is 1. The van der Waals surface area contributed by atoms with E-state index >= 15 is 0 Å². The largest absolute Gasteiger partial charge is 0.383 e. The van der Waals surface area contributed by atoms with Crippen LogP contribution in [0.25, 0.3) is 22.2 Å². The molecule has 2 N–H and O–H groups in total. The fourth-order valence-corrected chi connectivity index (χ4v) is 6.25. The molecular formula is C17H18IN5OS. The quantitative estimate of drug-likeness (QED) is 0.583. The second-order valence-corrected chi connectivity index (χ2v) is 9.77. The fourth-order valence-electron chi connectivity index (χ4n) is 3.24. The summed E-state index contributed by atoms with van der Waals surface area (Å²) in [6.45, 7) is 0. The number of halogens is 1. The highest BCUT2D eigenvalue weighted by Crippen LogP contribution is 2.37. The summed E-state index contributed by atoms with van der Waals surface area (Å²) in [5.74, 6) is 1.90. The summed E-state index contributed by atoms with van der Waals surface area (Å²) in [6.07, 6.45) is 3.50. The van der Waals surface area contributed by atoms with E-state index in [4.69, 9.17) is 5.73 Å². The highest BCUT2D eigenvalue weighted by molar-refractivity contribution is 14.1. The number of aryl methyl sites for hydroxylation is 1. The van der Waals surface area contributed by atoms with Crippen LogP contribution >= 0.6 is 22.6 Å². The van der Waals surface area contributed by atoms with Gasteiger partial charge in [0.1, 0.15) is 17.8 Å². The minimum Gasteiger partial charge on any atom is -0.383 e. The molecule has 1 fully saturated rings. The van der Waals surface area contributed by atoms with Crippen LogP contribution in [0.5, 0.6) is 0 Å². The van der Waals surface area contributed by atoms with Gasteiger partial charge in [0.05, 0.1) is 24.5 Å². The summed E-state index contributed by atoms with van der Waals surface area (Å²) in [4.78, 5) is 8.49. The maximum atomic E-state index is 12.6. The summed E-state index contributed by atoms with van der Waals surface area (Å²) in [5.41, 5.74) is 9.74. The van der Waals surface area contributed by atoms with Crippen LogP contribution in [0.1, 0.15) is 12.8 Å². The second kappa shape index (κ2) is 6.24. The van der Waals surface area contributed by atoms with E-state index in [2.05, 4.69) is 36.9 Å². The third kappa shape index (κ3) is 2.91. The van der Waals surface area contributed by atoms with E-state index in [0.717, 1.165) is 44.4 Å². The van der Waals surface area contributed by atoms with Crippen molar-refractivity contribution in [2.45, 2.75) is 12.8 Å². The van der Waals surface area contributed by atoms with Crippen molar-refractivity contribution in [1.29, 1.82) is 0 Å². The summed E-state index contributed by atoms with van der Waals surface area (Å²) in [6, 6.07) is 7.85. The molecule has 1 aliphatic rings.